The van der Waals surface area contributed by atoms with Gasteiger partial charge in [0.25, 0.3) is 0 Å². The fourth-order valence-electron chi connectivity index (χ4n) is 11.8. The van der Waals surface area contributed by atoms with Crippen LogP contribution in [0.2, 0.25) is 13.1 Å². The average molecular weight is 828 g/mol. The summed E-state index contributed by atoms with van der Waals surface area (Å²) >= 11 is 0. The molecule has 0 saturated heterocycles. The molecule has 1 nitrogen and oxygen atoms in total. The molecule has 0 amide bonds. The van der Waals surface area contributed by atoms with E-state index in [0.717, 1.165) is 0 Å². The van der Waals surface area contributed by atoms with Gasteiger partial charge in [0.2, 0.25) is 0 Å². The second kappa shape index (κ2) is 13.1. The number of fused-ring (bicyclic) bond motifs is 15. The van der Waals surface area contributed by atoms with Crippen LogP contribution < -0.4 is 10.4 Å². The Morgan fingerprint density at radius 1 is 0.297 bits per heavy atom. The van der Waals surface area contributed by atoms with Crippen molar-refractivity contribution in [3.05, 3.63) is 212 Å². The third-order valence-corrected chi connectivity index (χ3v) is 18.2. The van der Waals surface area contributed by atoms with Crippen molar-refractivity contribution in [2.75, 3.05) is 0 Å². The highest BCUT2D eigenvalue weighted by Crippen LogP contribution is 2.47. The van der Waals surface area contributed by atoms with E-state index in [-0.39, 0.29) is 0 Å². The van der Waals surface area contributed by atoms with Crippen LogP contribution in [0.5, 0.6) is 0 Å². The Balaban J connectivity index is 1.01. The van der Waals surface area contributed by atoms with Crippen molar-refractivity contribution in [1.29, 1.82) is 0 Å². The maximum Gasteiger partial charge on any atom is 0.113 e. The predicted molar refractivity (Wildman–Crippen MR) is 279 cm³/mol. The SMILES string of the molecule is C[Si]1(C)c2ccc(-c3c4ccccc4c(-c4ccc5c(c4)c4ccccc4n5-c4ccccc4)c4ccccc34)cc2-c2cc3c(cc21)c1ccccc1c1cc2ccccc2cc31. The molecule has 2 heterocycles. The van der Waals surface area contributed by atoms with Gasteiger partial charge >= 0.3 is 0 Å². The van der Waals surface area contributed by atoms with Crippen LogP contribution in [0.15, 0.2) is 212 Å². The van der Waals surface area contributed by atoms with Crippen molar-refractivity contribution in [1.82, 2.24) is 4.57 Å². The second-order valence-corrected chi connectivity index (χ2v) is 22.7. The maximum absolute atomic E-state index is 2.58. The van der Waals surface area contributed by atoms with Gasteiger partial charge in [-0.2, -0.15) is 0 Å². The molecule has 0 N–H and O–H groups in total. The first kappa shape index (κ1) is 35.8. The number of para-hydroxylation sites is 2. The highest BCUT2D eigenvalue weighted by Gasteiger charge is 2.38. The molecule has 12 aromatic carbocycles. The Hall–Kier alpha value is -7.78. The molecule has 0 aliphatic carbocycles. The lowest BCUT2D eigenvalue weighted by Gasteiger charge is -2.21. The summed E-state index contributed by atoms with van der Waals surface area (Å²) < 4.78 is 2.40. The van der Waals surface area contributed by atoms with Gasteiger partial charge in [-0.3, -0.25) is 0 Å². The molecule has 0 unspecified atom stereocenters. The first-order chi connectivity index (χ1) is 31.5. The van der Waals surface area contributed by atoms with Gasteiger partial charge in [0, 0.05) is 16.5 Å². The molecule has 14 rings (SSSR count). The standard InChI is InChI=1S/C62H41NSi/c1-64(2)59-31-29-41(35-55(59)56-36-52-51-33-39-17-7-6-16-38(39)32-50(51)43-20-8-9-21-44(43)53(52)37-60(56)64)62-48-25-12-10-23-46(48)61(47-24-11-13-26-49(47)62)40-28-30-58-54(34-40)45-22-14-15-27-57(45)63(58)42-18-4-3-5-19-42/h3-37H,1-2H3. The Kier molecular flexibility index (Phi) is 7.34. The lowest BCUT2D eigenvalue weighted by atomic mass is 9.85. The van der Waals surface area contributed by atoms with Crippen molar-refractivity contribution in [3.8, 4) is 39.1 Å². The molecule has 1 aromatic heterocycles. The summed E-state index contributed by atoms with van der Waals surface area (Å²) in [6, 6.07) is 80.1. The lowest BCUT2D eigenvalue weighted by molar-refractivity contribution is 1.18. The zero-order chi connectivity index (χ0) is 42.3. The molecule has 13 aromatic rings. The first-order valence-corrected chi connectivity index (χ1v) is 25.5. The number of benzene rings is 12. The fourth-order valence-corrected chi connectivity index (χ4v) is 14.8. The van der Waals surface area contributed by atoms with Gasteiger partial charge in [-0.1, -0.05) is 171 Å². The van der Waals surface area contributed by atoms with E-state index in [1.54, 1.807) is 0 Å². The summed E-state index contributed by atoms with van der Waals surface area (Å²) in [7, 11) is -2.05. The summed E-state index contributed by atoms with van der Waals surface area (Å²) in [4.78, 5) is 0. The first-order valence-electron chi connectivity index (χ1n) is 22.5. The van der Waals surface area contributed by atoms with Gasteiger partial charge in [0.1, 0.15) is 8.07 Å². The fraction of sp³-hybridized carbons (Fsp3) is 0.0323. The Morgan fingerprint density at radius 3 is 1.39 bits per heavy atom. The minimum Gasteiger partial charge on any atom is -0.309 e. The zero-order valence-corrected chi connectivity index (χ0v) is 36.7. The minimum atomic E-state index is -2.05. The molecule has 1 aliphatic rings. The van der Waals surface area contributed by atoms with E-state index in [1.165, 1.54) is 136 Å². The quantitative estimate of drug-likeness (QED) is 0.0950. The summed E-state index contributed by atoms with van der Waals surface area (Å²) in [5.74, 6) is 0. The Labute approximate surface area is 372 Å². The summed E-state index contributed by atoms with van der Waals surface area (Å²) in [6.45, 7) is 5.10. The zero-order valence-electron chi connectivity index (χ0n) is 35.7. The third-order valence-electron chi connectivity index (χ3n) is 14.7. The molecule has 298 valence electrons. The van der Waals surface area contributed by atoms with Crippen LogP contribution in [0, 0.1) is 0 Å². The largest absolute Gasteiger partial charge is 0.309 e. The highest BCUT2D eigenvalue weighted by atomic mass is 28.3. The van der Waals surface area contributed by atoms with Crippen molar-refractivity contribution in [2.24, 2.45) is 0 Å². The molecule has 2 heteroatoms. The molecule has 0 saturated carbocycles. The molecular weight excluding hydrogens is 787 g/mol. The van der Waals surface area contributed by atoms with Gasteiger partial charge in [-0.05, 0) is 163 Å². The monoisotopic (exact) mass is 827 g/mol. The molecule has 0 spiro atoms. The predicted octanol–water partition coefficient (Wildman–Crippen LogP) is 15.8. The molecular formula is C62H41NSi. The molecule has 0 atom stereocenters. The topological polar surface area (TPSA) is 4.93 Å². The van der Waals surface area contributed by atoms with Gasteiger partial charge in [0.05, 0.1) is 11.0 Å². The summed E-state index contributed by atoms with van der Waals surface area (Å²) in [5, 5.41) is 21.3. The number of rotatable bonds is 3. The van der Waals surface area contributed by atoms with E-state index in [2.05, 4.69) is 230 Å². The van der Waals surface area contributed by atoms with Crippen LogP contribution in [0.25, 0.3) is 126 Å². The van der Waals surface area contributed by atoms with Gasteiger partial charge < -0.3 is 4.57 Å². The maximum atomic E-state index is 2.58. The molecule has 0 bridgehead atoms. The molecule has 0 fully saturated rings. The van der Waals surface area contributed by atoms with Gasteiger partial charge in [-0.25, -0.2) is 0 Å². The van der Waals surface area contributed by atoms with E-state index in [0.29, 0.717) is 0 Å². The molecule has 1 aliphatic heterocycles. The van der Waals surface area contributed by atoms with E-state index in [1.807, 2.05) is 0 Å². The van der Waals surface area contributed by atoms with Crippen LogP contribution in [0.3, 0.4) is 0 Å². The summed E-state index contributed by atoms with van der Waals surface area (Å²) in [5.41, 5.74) is 11.5. The Bertz CT molecular complexity index is 4100. The lowest BCUT2D eigenvalue weighted by Crippen LogP contribution is -2.49. The highest BCUT2D eigenvalue weighted by molar-refractivity contribution is 7.04. The van der Waals surface area contributed by atoms with Crippen LogP contribution in [-0.2, 0) is 0 Å². The van der Waals surface area contributed by atoms with E-state index < -0.39 is 8.07 Å². The van der Waals surface area contributed by atoms with Crippen LogP contribution in [-0.4, -0.2) is 12.6 Å². The van der Waals surface area contributed by atoms with Gasteiger partial charge in [0.15, 0.2) is 0 Å². The second-order valence-electron chi connectivity index (χ2n) is 18.4. The van der Waals surface area contributed by atoms with E-state index >= 15 is 0 Å². The van der Waals surface area contributed by atoms with E-state index in [4.69, 9.17) is 0 Å². The third kappa shape index (κ3) is 4.89. The number of nitrogens with zero attached hydrogens (tertiary/aromatic N) is 1. The van der Waals surface area contributed by atoms with Crippen molar-refractivity contribution < 1.29 is 0 Å². The van der Waals surface area contributed by atoms with Crippen molar-refractivity contribution >= 4 is 105 Å². The Morgan fingerprint density at radius 2 is 0.750 bits per heavy atom. The number of hydrogen-bond donors (Lipinski definition) is 0. The molecule has 64 heavy (non-hydrogen) atoms. The van der Waals surface area contributed by atoms with Gasteiger partial charge in [-0.15, -0.1) is 0 Å². The van der Waals surface area contributed by atoms with Crippen LogP contribution >= 0.6 is 0 Å². The number of hydrogen-bond acceptors (Lipinski definition) is 0. The minimum absolute atomic E-state index is 1.17. The summed E-state index contributed by atoms with van der Waals surface area (Å²) in [6.07, 6.45) is 0. The van der Waals surface area contributed by atoms with Crippen molar-refractivity contribution in [2.45, 2.75) is 13.1 Å². The van der Waals surface area contributed by atoms with Crippen LogP contribution in [0.1, 0.15) is 0 Å². The smallest absolute Gasteiger partial charge is 0.113 e. The average Bonchev–Trinajstić information content (AvgIpc) is 3.79. The normalized spacial score (nSPS) is 13.3. The van der Waals surface area contributed by atoms with E-state index in [9.17, 15) is 0 Å². The van der Waals surface area contributed by atoms with Crippen molar-refractivity contribution in [3.63, 3.8) is 0 Å². The van der Waals surface area contributed by atoms with Crippen LogP contribution in [0.4, 0.5) is 0 Å². The molecule has 0 radical (unpaired) electrons. The number of aromatic nitrogens is 1.